The van der Waals surface area contributed by atoms with Crippen molar-refractivity contribution < 1.29 is 0 Å². The van der Waals surface area contributed by atoms with Gasteiger partial charge in [-0.3, -0.25) is 0 Å². The Hall–Kier alpha value is -0.820. The van der Waals surface area contributed by atoms with Crippen molar-refractivity contribution in [1.82, 2.24) is 0 Å². The monoisotopic (exact) mass is 176 g/mol. The van der Waals surface area contributed by atoms with E-state index in [2.05, 4.69) is 36.6 Å². The fraction of sp³-hybridized carbons (Fsp3) is 0.273. The molecule has 1 heterocycles. The first kappa shape index (κ1) is 7.81. The first-order chi connectivity index (χ1) is 5.86. The fourth-order valence-corrected chi connectivity index (χ4v) is 2.36. The predicted molar refractivity (Wildman–Crippen MR) is 55.4 cm³/mol. The molecule has 0 aliphatic heterocycles. The first-order valence-electron chi connectivity index (χ1n) is 4.27. The Bertz CT molecular complexity index is 329. The van der Waals surface area contributed by atoms with Gasteiger partial charge in [-0.2, -0.15) is 0 Å². The highest BCUT2D eigenvalue weighted by molar-refractivity contribution is 7.11. The molecule has 1 heteroatoms. The summed E-state index contributed by atoms with van der Waals surface area (Å²) in [5.74, 6) is 0. The molecule has 0 radical (unpaired) electrons. The zero-order valence-corrected chi connectivity index (χ0v) is 8.03. The molecule has 0 saturated heterocycles. The number of aryl methyl sites for hydroxylation is 1. The molecule has 0 atom stereocenters. The van der Waals surface area contributed by atoms with E-state index in [9.17, 15) is 0 Å². The van der Waals surface area contributed by atoms with Gasteiger partial charge in [-0.15, -0.1) is 11.3 Å². The Kier molecular flexibility index (Phi) is 2.13. The van der Waals surface area contributed by atoms with Crippen molar-refractivity contribution in [3.63, 3.8) is 0 Å². The van der Waals surface area contributed by atoms with Crippen LogP contribution < -0.4 is 0 Å². The quantitative estimate of drug-likeness (QED) is 0.610. The minimum Gasteiger partial charge on any atom is -0.144 e. The molecule has 1 aromatic heterocycles. The molecule has 0 amide bonds. The Morgan fingerprint density at radius 1 is 1.42 bits per heavy atom. The summed E-state index contributed by atoms with van der Waals surface area (Å²) in [5, 5.41) is 2.22. The van der Waals surface area contributed by atoms with E-state index in [-0.39, 0.29) is 0 Å². The zero-order valence-electron chi connectivity index (χ0n) is 7.21. The van der Waals surface area contributed by atoms with E-state index >= 15 is 0 Å². The first-order valence-corrected chi connectivity index (χ1v) is 5.15. The van der Waals surface area contributed by atoms with E-state index in [1.807, 2.05) is 11.3 Å². The van der Waals surface area contributed by atoms with Crippen molar-refractivity contribution >= 4 is 16.9 Å². The van der Waals surface area contributed by atoms with Gasteiger partial charge in [-0.25, -0.2) is 0 Å². The van der Waals surface area contributed by atoms with E-state index in [0.717, 1.165) is 0 Å². The van der Waals surface area contributed by atoms with Crippen LogP contribution in [0.25, 0.3) is 5.57 Å². The van der Waals surface area contributed by atoms with Gasteiger partial charge in [0.1, 0.15) is 0 Å². The third kappa shape index (κ3) is 1.51. The van der Waals surface area contributed by atoms with Crippen LogP contribution >= 0.6 is 11.3 Å². The van der Waals surface area contributed by atoms with Gasteiger partial charge in [0.15, 0.2) is 0 Å². The van der Waals surface area contributed by atoms with Gasteiger partial charge >= 0.3 is 0 Å². The summed E-state index contributed by atoms with van der Waals surface area (Å²) >= 11 is 1.85. The van der Waals surface area contributed by atoms with Crippen molar-refractivity contribution in [2.45, 2.75) is 19.8 Å². The zero-order chi connectivity index (χ0) is 8.39. The predicted octanol–water partition coefficient (Wildman–Crippen LogP) is 3.79. The summed E-state index contributed by atoms with van der Waals surface area (Å²) in [4.78, 5) is 1.44. The SMILES string of the molecule is Cc1csc(C2=CC=CCC2)c1. The topological polar surface area (TPSA) is 0 Å². The molecule has 1 aromatic rings. The maximum atomic E-state index is 2.27. The van der Waals surface area contributed by atoms with Crippen molar-refractivity contribution in [2.24, 2.45) is 0 Å². The second-order valence-electron chi connectivity index (χ2n) is 3.15. The number of rotatable bonds is 1. The molecule has 0 saturated carbocycles. The van der Waals surface area contributed by atoms with Crippen LogP contribution in [0.5, 0.6) is 0 Å². The second-order valence-corrected chi connectivity index (χ2v) is 4.06. The molecular weight excluding hydrogens is 164 g/mol. The number of hydrogen-bond acceptors (Lipinski definition) is 1. The molecule has 2 rings (SSSR count). The van der Waals surface area contributed by atoms with Crippen molar-refractivity contribution in [1.29, 1.82) is 0 Å². The summed E-state index contributed by atoms with van der Waals surface area (Å²) in [7, 11) is 0. The summed E-state index contributed by atoms with van der Waals surface area (Å²) in [6.07, 6.45) is 9.02. The normalized spacial score (nSPS) is 16.2. The Labute approximate surface area is 77.2 Å². The van der Waals surface area contributed by atoms with Gasteiger partial charge < -0.3 is 0 Å². The van der Waals surface area contributed by atoms with Crippen LogP contribution in [0.1, 0.15) is 23.3 Å². The maximum absolute atomic E-state index is 2.27. The van der Waals surface area contributed by atoms with Crippen LogP contribution in [0.4, 0.5) is 0 Å². The molecule has 0 bridgehead atoms. The highest BCUT2D eigenvalue weighted by atomic mass is 32.1. The minimum absolute atomic E-state index is 1.20. The summed E-state index contributed by atoms with van der Waals surface area (Å²) in [6, 6.07) is 2.27. The summed E-state index contributed by atoms with van der Waals surface area (Å²) < 4.78 is 0. The van der Waals surface area contributed by atoms with Gasteiger partial charge in [-0.1, -0.05) is 18.2 Å². The van der Waals surface area contributed by atoms with E-state index < -0.39 is 0 Å². The van der Waals surface area contributed by atoms with Crippen LogP contribution in [-0.2, 0) is 0 Å². The van der Waals surface area contributed by atoms with Crippen LogP contribution in [0.15, 0.2) is 29.7 Å². The fourth-order valence-electron chi connectivity index (χ4n) is 1.41. The third-order valence-corrected chi connectivity index (χ3v) is 3.18. The third-order valence-electron chi connectivity index (χ3n) is 2.06. The molecule has 0 aromatic carbocycles. The highest BCUT2D eigenvalue weighted by Gasteiger charge is 2.04. The summed E-state index contributed by atoms with van der Waals surface area (Å²) in [5.41, 5.74) is 2.88. The smallest absolute Gasteiger partial charge is 0.0305 e. The molecule has 12 heavy (non-hydrogen) atoms. The largest absolute Gasteiger partial charge is 0.144 e. The molecular formula is C11H12S. The lowest BCUT2D eigenvalue weighted by molar-refractivity contribution is 1.06. The Morgan fingerprint density at radius 3 is 2.92 bits per heavy atom. The molecule has 62 valence electrons. The van der Waals surface area contributed by atoms with E-state index in [1.165, 1.54) is 28.9 Å². The average molecular weight is 176 g/mol. The van der Waals surface area contributed by atoms with E-state index in [0.29, 0.717) is 0 Å². The number of thiophene rings is 1. The van der Waals surface area contributed by atoms with Crippen molar-refractivity contribution in [2.75, 3.05) is 0 Å². The number of hydrogen-bond donors (Lipinski definition) is 0. The lowest BCUT2D eigenvalue weighted by atomic mass is 10.0. The molecule has 1 aliphatic rings. The average Bonchev–Trinajstić information content (AvgIpc) is 2.54. The molecule has 0 fully saturated rings. The Balaban J connectivity index is 2.30. The minimum atomic E-state index is 1.20. The highest BCUT2D eigenvalue weighted by Crippen LogP contribution is 2.28. The Morgan fingerprint density at radius 2 is 2.33 bits per heavy atom. The van der Waals surface area contributed by atoms with Crippen LogP contribution in [0.2, 0.25) is 0 Å². The molecule has 1 aliphatic carbocycles. The van der Waals surface area contributed by atoms with Crippen molar-refractivity contribution in [3.8, 4) is 0 Å². The molecule has 0 unspecified atom stereocenters. The molecule has 0 N–H and O–H groups in total. The maximum Gasteiger partial charge on any atom is 0.0305 e. The van der Waals surface area contributed by atoms with Crippen LogP contribution in [0.3, 0.4) is 0 Å². The van der Waals surface area contributed by atoms with Gasteiger partial charge in [0, 0.05) is 4.88 Å². The van der Waals surface area contributed by atoms with Crippen LogP contribution in [-0.4, -0.2) is 0 Å². The molecule has 0 nitrogen and oxygen atoms in total. The number of allylic oxidation sites excluding steroid dienone is 4. The van der Waals surface area contributed by atoms with Gasteiger partial charge in [0.05, 0.1) is 0 Å². The van der Waals surface area contributed by atoms with Crippen LogP contribution in [0, 0.1) is 6.92 Å². The van der Waals surface area contributed by atoms with Gasteiger partial charge in [0.2, 0.25) is 0 Å². The van der Waals surface area contributed by atoms with Gasteiger partial charge in [0.25, 0.3) is 0 Å². The van der Waals surface area contributed by atoms with E-state index in [1.54, 1.807) is 0 Å². The lowest BCUT2D eigenvalue weighted by Gasteiger charge is -2.05. The second kappa shape index (κ2) is 3.28. The summed E-state index contributed by atoms with van der Waals surface area (Å²) in [6.45, 7) is 2.15. The van der Waals surface area contributed by atoms with Crippen molar-refractivity contribution in [3.05, 3.63) is 40.1 Å². The van der Waals surface area contributed by atoms with E-state index in [4.69, 9.17) is 0 Å². The lowest BCUT2D eigenvalue weighted by Crippen LogP contribution is -1.83. The molecule has 0 spiro atoms. The standard InChI is InChI=1S/C11H12S/c1-9-7-11(12-8-9)10-5-3-2-4-6-10/h2-3,5,7-8H,4,6H2,1H3. The van der Waals surface area contributed by atoms with Gasteiger partial charge in [-0.05, 0) is 42.3 Å².